The molecule has 1 aromatic rings. The lowest BCUT2D eigenvalue weighted by atomic mass is 10.0. The van der Waals surface area contributed by atoms with Crippen molar-refractivity contribution in [1.29, 1.82) is 0 Å². The van der Waals surface area contributed by atoms with Crippen LogP contribution in [0.3, 0.4) is 0 Å². The summed E-state index contributed by atoms with van der Waals surface area (Å²) < 4.78 is 5.14. The van der Waals surface area contributed by atoms with E-state index in [2.05, 4.69) is 25.9 Å². The molecule has 10 heteroatoms. The van der Waals surface area contributed by atoms with Crippen molar-refractivity contribution in [2.45, 2.75) is 65.6 Å². The fourth-order valence-electron chi connectivity index (χ4n) is 2.36. The number of alkyl carbamates (subject to hydrolysis) is 1. The summed E-state index contributed by atoms with van der Waals surface area (Å²) in [5, 5.41) is 11.0. The molecule has 0 spiro atoms. The second-order valence-corrected chi connectivity index (χ2v) is 8.34. The Morgan fingerprint density at radius 1 is 1.00 bits per heavy atom. The Hall–Kier alpha value is -3.43. The van der Waals surface area contributed by atoms with Crippen LogP contribution in [0, 0.1) is 0 Å². The van der Waals surface area contributed by atoms with Crippen molar-refractivity contribution < 1.29 is 28.8 Å². The SMILES string of the molecule is CC(C)=NOC(=O)CNC(=O)[C@H](Cc1ccccc1)NC(=O)[C@H](C)NC(=O)OC(C)(C)C. The predicted octanol–water partition coefficient (Wildman–Crippen LogP) is 1.68. The Morgan fingerprint density at radius 3 is 2.19 bits per heavy atom. The third-order valence-corrected chi connectivity index (χ3v) is 3.78. The summed E-state index contributed by atoms with van der Waals surface area (Å²) in [5.74, 6) is -1.91. The number of ether oxygens (including phenoxy) is 1. The second kappa shape index (κ2) is 12.4. The maximum Gasteiger partial charge on any atom is 0.408 e. The van der Waals surface area contributed by atoms with Crippen LogP contribution in [-0.2, 0) is 30.4 Å². The van der Waals surface area contributed by atoms with Crippen molar-refractivity contribution in [1.82, 2.24) is 16.0 Å². The molecule has 0 unspecified atom stereocenters. The van der Waals surface area contributed by atoms with E-state index in [0.29, 0.717) is 5.71 Å². The highest BCUT2D eigenvalue weighted by molar-refractivity contribution is 5.92. The first kappa shape index (κ1) is 26.6. The highest BCUT2D eigenvalue weighted by Gasteiger charge is 2.26. The minimum absolute atomic E-state index is 0.179. The van der Waals surface area contributed by atoms with Gasteiger partial charge in [0, 0.05) is 6.42 Å². The standard InChI is InChI=1S/C22H32N4O6/c1-14(2)26-32-18(27)13-23-20(29)17(12-16-10-8-7-9-11-16)25-19(28)15(3)24-21(30)31-22(4,5)6/h7-11,15,17H,12-13H2,1-6H3,(H,23,29)(H,24,30)(H,25,28)/t15-,17-/m0/s1. The molecule has 0 bridgehead atoms. The molecule has 0 aromatic heterocycles. The average Bonchev–Trinajstić information content (AvgIpc) is 2.69. The Kier molecular flexibility index (Phi) is 10.3. The van der Waals surface area contributed by atoms with Crippen molar-refractivity contribution in [3.8, 4) is 0 Å². The summed E-state index contributed by atoms with van der Waals surface area (Å²) in [4.78, 5) is 53.5. The number of benzene rings is 1. The number of hydrogen-bond donors (Lipinski definition) is 3. The Balaban J connectivity index is 2.79. The third kappa shape index (κ3) is 11.1. The molecule has 2 atom stereocenters. The van der Waals surface area contributed by atoms with Crippen molar-refractivity contribution >= 4 is 29.6 Å². The first-order valence-corrected chi connectivity index (χ1v) is 10.2. The van der Waals surface area contributed by atoms with E-state index in [9.17, 15) is 19.2 Å². The smallest absolute Gasteiger partial charge is 0.408 e. The highest BCUT2D eigenvalue weighted by Crippen LogP contribution is 2.07. The molecule has 3 N–H and O–H groups in total. The van der Waals surface area contributed by atoms with Gasteiger partial charge in [-0.1, -0.05) is 35.5 Å². The van der Waals surface area contributed by atoms with E-state index in [4.69, 9.17) is 4.74 Å². The molecule has 10 nitrogen and oxygen atoms in total. The first-order chi connectivity index (χ1) is 14.9. The molecule has 0 fully saturated rings. The number of rotatable bonds is 9. The van der Waals surface area contributed by atoms with E-state index < -0.39 is 48.1 Å². The predicted molar refractivity (Wildman–Crippen MR) is 119 cm³/mol. The van der Waals surface area contributed by atoms with Crippen molar-refractivity contribution in [3.05, 3.63) is 35.9 Å². The molecule has 1 rings (SSSR count). The zero-order chi connectivity index (χ0) is 24.3. The lowest BCUT2D eigenvalue weighted by Gasteiger charge is -2.23. The zero-order valence-electron chi connectivity index (χ0n) is 19.4. The van der Waals surface area contributed by atoms with Gasteiger partial charge in [0.2, 0.25) is 11.8 Å². The van der Waals surface area contributed by atoms with E-state index >= 15 is 0 Å². The quantitative estimate of drug-likeness (QED) is 0.299. The van der Waals surface area contributed by atoms with Crippen molar-refractivity contribution in [2.75, 3.05) is 6.54 Å². The molecule has 0 aliphatic heterocycles. The highest BCUT2D eigenvalue weighted by atomic mass is 16.7. The number of carbonyl (C=O) groups excluding carboxylic acids is 4. The summed E-state index contributed by atoms with van der Waals surface area (Å²) in [6, 6.07) is 7.11. The normalized spacial score (nSPS) is 12.6. The minimum Gasteiger partial charge on any atom is -0.444 e. The van der Waals surface area contributed by atoms with E-state index in [1.165, 1.54) is 6.92 Å². The lowest BCUT2D eigenvalue weighted by molar-refractivity contribution is -0.144. The first-order valence-electron chi connectivity index (χ1n) is 10.2. The number of oxime groups is 1. The Morgan fingerprint density at radius 2 is 1.62 bits per heavy atom. The van der Waals surface area contributed by atoms with Gasteiger partial charge in [0.1, 0.15) is 24.2 Å². The van der Waals surface area contributed by atoms with Crippen LogP contribution < -0.4 is 16.0 Å². The van der Waals surface area contributed by atoms with E-state index in [0.717, 1.165) is 5.56 Å². The Labute approximate surface area is 188 Å². The molecular weight excluding hydrogens is 416 g/mol. The number of hydrogen-bond acceptors (Lipinski definition) is 7. The van der Waals surface area contributed by atoms with Gasteiger partial charge in [-0.15, -0.1) is 0 Å². The average molecular weight is 449 g/mol. The van der Waals surface area contributed by atoms with Crippen LogP contribution in [0.15, 0.2) is 35.5 Å². The van der Waals surface area contributed by atoms with Crippen LogP contribution in [-0.4, -0.2) is 53.8 Å². The number of nitrogens with one attached hydrogen (secondary N) is 3. The van der Waals surface area contributed by atoms with Gasteiger partial charge in [0.05, 0.1) is 5.71 Å². The van der Waals surface area contributed by atoms with Crippen LogP contribution in [0.2, 0.25) is 0 Å². The van der Waals surface area contributed by atoms with E-state index in [-0.39, 0.29) is 6.42 Å². The van der Waals surface area contributed by atoms with Crippen molar-refractivity contribution in [3.63, 3.8) is 0 Å². The van der Waals surface area contributed by atoms with Gasteiger partial charge in [-0.2, -0.15) is 0 Å². The molecular formula is C22H32N4O6. The summed E-state index contributed by atoms with van der Waals surface area (Å²) in [6.45, 7) is 9.48. The molecule has 176 valence electrons. The molecule has 3 amide bonds. The lowest BCUT2D eigenvalue weighted by Crippen LogP contribution is -2.54. The molecule has 0 saturated heterocycles. The van der Waals surface area contributed by atoms with Gasteiger partial charge in [-0.05, 0) is 47.1 Å². The number of nitrogens with zero attached hydrogens (tertiary/aromatic N) is 1. The summed E-state index contributed by atoms with van der Waals surface area (Å²) in [5.41, 5.74) is 0.630. The summed E-state index contributed by atoms with van der Waals surface area (Å²) in [7, 11) is 0. The second-order valence-electron chi connectivity index (χ2n) is 8.34. The van der Waals surface area contributed by atoms with Gasteiger partial charge >= 0.3 is 12.1 Å². The maximum absolute atomic E-state index is 12.7. The van der Waals surface area contributed by atoms with Crippen LogP contribution in [0.25, 0.3) is 0 Å². The largest absolute Gasteiger partial charge is 0.444 e. The van der Waals surface area contributed by atoms with Gasteiger partial charge in [-0.3, -0.25) is 9.59 Å². The topological polar surface area (TPSA) is 135 Å². The fourth-order valence-corrected chi connectivity index (χ4v) is 2.36. The number of carbonyl (C=O) groups is 4. The molecule has 32 heavy (non-hydrogen) atoms. The molecule has 1 aromatic carbocycles. The van der Waals surface area contributed by atoms with Gasteiger partial charge in [0.15, 0.2) is 0 Å². The van der Waals surface area contributed by atoms with Crippen LogP contribution in [0.4, 0.5) is 4.79 Å². The van der Waals surface area contributed by atoms with E-state index in [1.807, 2.05) is 18.2 Å². The molecule has 0 heterocycles. The zero-order valence-corrected chi connectivity index (χ0v) is 19.4. The summed E-state index contributed by atoms with van der Waals surface area (Å²) >= 11 is 0. The summed E-state index contributed by atoms with van der Waals surface area (Å²) in [6.07, 6.45) is -0.572. The fraction of sp³-hybridized carbons (Fsp3) is 0.500. The molecule has 0 aliphatic carbocycles. The van der Waals surface area contributed by atoms with Gasteiger partial charge in [-0.25, -0.2) is 9.59 Å². The Bertz CT molecular complexity index is 829. The van der Waals surface area contributed by atoms with Crippen LogP contribution in [0.1, 0.15) is 47.1 Å². The molecule has 0 radical (unpaired) electrons. The van der Waals surface area contributed by atoms with E-state index in [1.54, 1.807) is 46.8 Å². The van der Waals surface area contributed by atoms with Crippen molar-refractivity contribution in [2.24, 2.45) is 5.16 Å². The molecule has 0 saturated carbocycles. The van der Waals surface area contributed by atoms with Crippen LogP contribution in [0.5, 0.6) is 0 Å². The van der Waals surface area contributed by atoms with Crippen LogP contribution >= 0.6 is 0 Å². The number of amides is 3. The molecule has 0 aliphatic rings. The minimum atomic E-state index is -0.989. The van der Waals surface area contributed by atoms with Gasteiger partial charge < -0.3 is 25.5 Å². The van der Waals surface area contributed by atoms with Gasteiger partial charge in [0.25, 0.3) is 0 Å². The monoisotopic (exact) mass is 448 g/mol. The maximum atomic E-state index is 12.7. The third-order valence-electron chi connectivity index (χ3n) is 3.78.